The number of hydrogen-bond acceptors (Lipinski definition) is 3. The number of halogens is 2. The van der Waals surface area contributed by atoms with Crippen LogP contribution < -0.4 is 5.32 Å². The first kappa shape index (κ1) is 15.4. The number of nitrogens with zero attached hydrogens (tertiary/aromatic N) is 1. The van der Waals surface area contributed by atoms with E-state index in [9.17, 15) is 4.39 Å². The van der Waals surface area contributed by atoms with Crippen molar-refractivity contribution in [3.63, 3.8) is 0 Å². The predicted molar refractivity (Wildman–Crippen MR) is 83.0 cm³/mol. The lowest BCUT2D eigenvalue weighted by Crippen LogP contribution is -2.34. The van der Waals surface area contributed by atoms with Gasteiger partial charge >= 0.3 is 0 Å². The summed E-state index contributed by atoms with van der Waals surface area (Å²) < 4.78 is 14.0. The van der Waals surface area contributed by atoms with Crippen molar-refractivity contribution >= 4 is 22.9 Å². The molecule has 1 atom stereocenters. The molecule has 0 radical (unpaired) electrons. The van der Waals surface area contributed by atoms with Crippen molar-refractivity contribution in [2.75, 3.05) is 6.54 Å². The fraction of sp³-hybridized carbons (Fsp3) is 0.400. The van der Waals surface area contributed by atoms with Crippen LogP contribution in [0.2, 0.25) is 5.02 Å². The molecule has 1 unspecified atom stereocenters. The maximum Gasteiger partial charge on any atom is 0.145 e. The van der Waals surface area contributed by atoms with E-state index in [-0.39, 0.29) is 16.9 Å². The van der Waals surface area contributed by atoms with E-state index in [1.54, 1.807) is 35.7 Å². The SMILES string of the molecule is CCCNC(Cc1nccs1)Cc1cccc(Cl)c1F. The smallest absolute Gasteiger partial charge is 0.145 e. The molecular formula is C15H18ClFN2S. The van der Waals surface area contributed by atoms with E-state index < -0.39 is 0 Å². The van der Waals surface area contributed by atoms with Crippen LogP contribution in [0.15, 0.2) is 29.8 Å². The number of thiazole rings is 1. The van der Waals surface area contributed by atoms with Gasteiger partial charge in [0.15, 0.2) is 0 Å². The third-order valence-corrected chi connectivity index (χ3v) is 4.18. The van der Waals surface area contributed by atoms with Crippen LogP contribution in [-0.2, 0) is 12.8 Å². The van der Waals surface area contributed by atoms with E-state index >= 15 is 0 Å². The van der Waals surface area contributed by atoms with Crippen LogP contribution in [0.5, 0.6) is 0 Å². The van der Waals surface area contributed by atoms with Crippen LogP contribution in [0.4, 0.5) is 4.39 Å². The van der Waals surface area contributed by atoms with Crippen molar-refractivity contribution in [1.29, 1.82) is 0 Å². The van der Waals surface area contributed by atoms with Gasteiger partial charge < -0.3 is 5.32 Å². The standard InChI is InChI=1S/C15H18ClFN2S/c1-2-6-18-12(10-14-19-7-8-20-14)9-11-4-3-5-13(16)15(11)17/h3-5,7-8,12,18H,2,6,9-10H2,1H3. The Morgan fingerprint density at radius 3 is 2.95 bits per heavy atom. The predicted octanol–water partition coefficient (Wildman–Crippen LogP) is 4.09. The van der Waals surface area contributed by atoms with Gasteiger partial charge in [0.2, 0.25) is 0 Å². The molecule has 108 valence electrons. The zero-order valence-corrected chi connectivity index (χ0v) is 13.0. The molecule has 0 fully saturated rings. The Balaban J connectivity index is 2.08. The molecule has 1 heterocycles. The largest absolute Gasteiger partial charge is 0.313 e. The third kappa shape index (κ3) is 4.27. The average Bonchev–Trinajstić information content (AvgIpc) is 2.94. The Hall–Kier alpha value is -0.970. The third-order valence-electron chi connectivity index (χ3n) is 3.09. The van der Waals surface area contributed by atoms with Crippen LogP contribution in [0.1, 0.15) is 23.9 Å². The highest BCUT2D eigenvalue weighted by atomic mass is 35.5. The van der Waals surface area contributed by atoms with Gasteiger partial charge in [-0.2, -0.15) is 0 Å². The Bertz CT molecular complexity index is 531. The molecule has 0 aliphatic rings. The lowest BCUT2D eigenvalue weighted by atomic mass is 10.0. The molecule has 0 aliphatic heterocycles. The van der Waals surface area contributed by atoms with Crippen LogP contribution in [0.3, 0.4) is 0 Å². The van der Waals surface area contributed by atoms with Gasteiger partial charge in [-0.1, -0.05) is 30.7 Å². The summed E-state index contributed by atoms with van der Waals surface area (Å²) in [5, 5.41) is 6.68. The Morgan fingerprint density at radius 1 is 1.40 bits per heavy atom. The zero-order valence-electron chi connectivity index (χ0n) is 11.4. The summed E-state index contributed by atoms with van der Waals surface area (Å²) in [6.45, 7) is 3.03. The summed E-state index contributed by atoms with van der Waals surface area (Å²) in [4.78, 5) is 4.30. The van der Waals surface area contributed by atoms with Crippen LogP contribution >= 0.6 is 22.9 Å². The van der Waals surface area contributed by atoms with E-state index in [1.165, 1.54) is 0 Å². The fourth-order valence-corrected chi connectivity index (χ4v) is 2.99. The lowest BCUT2D eigenvalue weighted by molar-refractivity contribution is 0.491. The Labute approximate surface area is 128 Å². The Kier molecular flexibility index (Phi) is 5.95. The molecule has 0 saturated carbocycles. The average molecular weight is 313 g/mol. The van der Waals surface area contributed by atoms with Gasteiger partial charge in [0.05, 0.1) is 10.0 Å². The normalized spacial score (nSPS) is 12.6. The van der Waals surface area contributed by atoms with Gasteiger partial charge in [-0.3, -0.25) is 0 Å². The topological polar surface area (TPSA) is 24.9 Å². The summed E-state index contributed by atoms with van der Waals surface area (Å²) in [6, 6.07) is 5.34. The molecule has 0 amide bonds. The second-order valence-corrected chi connectivity index (χ2v) is 6.08. The molecule has 1 aromatic heterocycles. The molecular weight excluding hydrogens is 295 g/mol. The molecule has 2 nitrogen and oxygen atoms in total. The van der Waals surface area contributed by atoms with Crippen molar-refractivity contribution in [3.8, 4) is 0 Å². The van der Waals surface area contributed by atoms with Gasteiger partial charge in [-0.15, -0.1) is 11.3 Å². The lowest BCUT2D eigenvalue weighted by Gasteiger charge is -2.18. The van der Waals surface area contributed by atoms with Gasteiger partial charge in [-0.05, 0) is 31.0 Å². The molecule has 1 aromatic carbocycles. The number of benzene rings is 1. The minimum atomic E-state index is -0.309. The van der Waals surface area contributed by atoms with Crippen molar-refractivity contribution < 1.29 is 4.39 Å². The van der Waals surface area contributed by atoms with Gasteiger partial charge in [-0.25, -0.2) is 9.37 Å². The van der Waals surface area contributed by atoms with Gasteiger partial charge in [0.1, 0.15) is 5.82 Å². The Morgan fingerprint density at radius 2 is 2.25 bits per heavy atom. The molecule has 2 rings (SSSR count). The second kappa shape index (κ2) is 7.72. The van der Waals surface area contributed by atoms with E-state index in [4.69, 9.17) is 11.6 Å². The number of nitrogens with one attached hydrogen (secondary N) is 1. The van der Waals surface area contributed by atoms with Gasteiger partial charge in [0.25, 0.3) is 0 Å². The van der Waals surface area contributed by atoms with E-state index in [2.05, 4.69) is 17.2 Å². The highest BCUT2D eigenvalue weighted by molar-refractivity contribution is 7.09. The van der Waals surface area contributed by atoms with Crippen LogP contribution in [0.25, 0.3) is 0 Å². The van der Waals surface area contributed by atoms with E-state index in [1.807, 2.05) is 5.38 Å². The number of hydrogen-bond donors (Lipinski definition) is 1. The summed E-state index contributed by atoms with van der Waals surface area (Å²) in [5.74, 6) is -0.309. The molecule has 0 aliphatic carbocycles. The van der Waals surface area contributed by atoms with Crippen molar-refractivity contribution in [2.45, 2.75) is 32.2 Å². The molecule has 0 bridgehead atoms. The number of aromatic nitrogens is 1. The summed E-state index contributed by atoms with van der Waals surface area (Å²) in [6.07, 6.45) is 4.28. The second-order valence-electron chi connectivity index (χ2n) is 4.70. The van der Waals surface area contributed by atoms with Crippen molar-refractivity contribution in [1.82, 2.24) is 10.3 Å². The van der Waals surface area contributed by atoms with Crippen molar-refractivity contribution in [2.24, 2.45) is 0 Å². The highest BCUT2D eigenvalue weighted by Gasteiger charge is 2.15. The van der Waals surface area contributed by atoms with Crippen LogP contribution in [0, 0.1) is 5.82 Å². The molecule has 5 heteroatoms. The fourth-order valence-electron chi connectivity index (χ4n) is 2.10. The first-order valence-corrected chi connectivity index (χ1v) is 8.01. The first-order chi connectivity index (χ1) is 9.70. The minimum absolute atomic E-state index is 0.175. The monoisotopic (exact) mass is 312 g/mol. The number of rotatable bonds is 7. The summed E-state index contributed by atoms with van der Waals surface area (Å²) in [5.41, 5.74) is 0.655. The van der Waals surface area contributed by atoms with E-state index in [0.29, 0.717) is 12.0 Å². The molecule has 2 aromatic rings. The molecule has 20 heavy (non-hydrogen) atoms. The van der Waals surface area contributed by atoms with Crippen molar-refractivity contribution in [3.05, 3.63) is 51.2 Å². The quantitative estimate of drug-likeness (QED) is 0.833. The molecule has 0 spiro atoms. The zero-order chi connectivity index (χ0) is 14.4. The van der Waals surface area contributed by atoms with Gasteiger partial charge in [0, 0.05) is 24.0 Å². The first-order valence-electron chi connectivity index (χ1n) is 6.75. The van der Waals surface area contributed by atoms with Crippen LogP contribution in [-0.4, -0.2) is 17.6 Å². The summed E-state index contributed by atoms with van der Waals surface area (Å²) in [7, 11) is 0. The highest BCUT2D eigenvalue weighted by Crippen LogP contribution is 2.20. The molecule has 1 N–H and O–H groups in total. The maximum absolute atomic E-state index is 14.0. The summed E-state index contributed by atoms with van der Waals surface area (Å²) >= 11 is 7.47. The maximum atomic E-state index is 14.0. The minimum Gasteiger partial charge on any atom is -0.313 e. The van der Waals surface area contributed by atoms with E-state index in [0.717, 1.165) is 24.4 Å². The molecule has 0 saturated heterocycles.